The molecule has 0 aromatic rings. The Morgan fingerprint density at radius 3 is 2.70 bits per heavy atom. The highest BCUT2D eigenvalue weighted by atomic mass is 35.5. The molecule has 0 aliphatic rings. The maximum absolute atomic E-state index is 10.7. The van der Waals surface area contributed by atoms with Crippen molar-refractivity contribution < 1.29 is 9.53 Å². The molecule has 0 fully saturated rings. The summed E-state index contributed by atoms with van der Waals surface area (Å²) in [5.74, 6) is -0.157. The summed E-state index contributed by atoms with van der Waals surface area (Å²) < 4.78 is 4.69. The van der Waals surface area contributed by atoms with E-state index in [9.17, 15) is 4.79 Å². The van der Waals surface area contributed by atoms with Gasteiger partial charge in [-0.15, -0.1) is 11.6 Å². The number of esters is 1. The van der Waals surface area contributed by atoms with Gasteiger partial charge in [0, 0.05) is 11.8 Å². The molecule has 0 N–H and O–H groups in total. The molecule has 3 heteroatoms. The Bertz CT molecular complexity index is 102. The van der Waals surface area contributed by atoms with E-state index in [0.717, 1.165) is 0 Å². The molecule has 0 radical (unpaired) electrons. The summed E-state index contributed by atoms with van der Waals surface area (Å²) in [5, 5.41) is 0.0596. The molecule has 0 saturated heterocycles. The minimum atomic E-state index is -0.157. The lowest BCUT2D eigenvalue weighted by Crippen LogP contribution is -2.05. The van der Waals surface area contributed by atoms with E-state index in [1.54, 1.807) is 6.92 Å². The van der Waals surface area contributed by atoms with Crippen LogP contribution in [0.2, 0.25) is 0 Å². The van der Waals surface area contributed by atoms with Gasteiger partial charge < -0.3 is 4.74 Å². The first kappa shape index (κ1) is 9.76. The lowest BCUT2D eigenvalue weighted by atomic mass is 10.2. The minimum Gasteiger partial charge on any atom is -0.466 e. The molecule has 0 rings (SSSR count). The van der Waals surface area contributed by atoms with Crippen LogP contribution in [0.15, 0.2) is 0 Å². The van der Waals surface area contributed by atoms with Crippen molar-refractivity contribution in [3.63, 3.8) is 0 Å². The molecule has 2 nitrogen and oxygen atoms in total. The Balaban J connectivity index is 3.22. The van der Waals surface area contributed by atoms with Crippen molar-refractivity contribution in [1.29, 1.82) is 0 Å². The van der Waals surface area contributed by atoms with Crippen LogP contribution in [0.25, 0.3) is 0 Å². The van der Waals surface area contributed by atoms with Crippen molar-refractivity contribution in [3.05, 3.63) is 0 Å². The Morgan fingerprint density at radius 2 is 2.30 bits per heavy atom. The number of carbonyl (C=O) groups excluding carboxylic acids is 1. The van der Waals surface area contributed by atoms with Crippen molar-refractivity contribution in [2.75, 3.05) is 6.61 Å². The van der Waals surface area contributed by atoms with Gasteiger partial charge in [0.15, 0.2) is 0 Å². The van der Waals surface area contributed by atoms with E-state index in [2.05, 4.69) is 0 Å². The molecule has 0 aromatic carbocycles. The summed E-state index contributed by atoms with van der Waals surface area (Å²) in [6, 6.07) is 0. The normalized spacial score (nSPS) is 12.7. The Kier molecular flexibility index (Phi) is 5.40. The van der Waals surface area contributed by atoms with Gasteiger partial charge in [-0.1, -0.05) is 0 Å². The van der Waals surface area contributed by atoms with Gasteiger partial charge in [-0.25, -0.2) is 0 Å². The number of alkyl halides is 1. The van der Waals surface area contributed by atoms with Crippen LogP contribution in [0.3, 0.4) is 0 Å². The predicted molar refractivity (Wildman–Crippen MR) is 41.2 cm³/mol. The molecule has 0 unspecified atom stereocenters. The molecule has 0 heterocycles. The zero-order chi connectivity index (χ0) is 7.98. The number of hydrogen-bond donors (Lipinski definition) is 0. The second-order valence-corrected chi connectivity index (χ2v) is 2.87. The van der Waals surface area contributed by atoms with E-state index < -0.39 is 0 Å². The summed E-state index contributed by atoms with van der Waals surface area (Å²) in [6.07, 6.45) is 1.12. The van der Waals surface area contributed by atoms with Crippen LogP contribution in [0, 0.1) is 0 Å². The number of ether oxygens (including phenoxy) is 1. The zero-order valence-corrected chi connectivity index (χ0v) is 7.15. The third-order valence-electron chi connectivity index (χ3n) is 1.05. The quantitative estimate of drug-likeness (QED) is 0.469. The standard InChI is InChI=1S/C7H13ClO2/c1-3-10-7(9)5-4-6(2)8/h6H,3-5H2,1-2H3/t6-/m0/s1. The largest absolute Gasteiger partial charge is 0.466 e. The Morgan fingerprint density at radius 1 is 1.70 bits per heavy atom. The van der Waals surface area contributed by atoms with E-state index in [1.807, 2.05) is 6.92 Å². The van der Waals surface area contributed by atoms with Gasteiger partial charge in [0.2, 0.25) is 0 Å². The molecular weight excluding hydrogens is 152 g/mol. The SMILES string of the molecule is CCOC(=O)CC[C@H](C)Cl. The molecule has 0 aliphatic heterocycles. The van der Waals surface area contributed by atoms with Crippen LogP contribution in [0.4, 0.5) is 0 Å². The van der Waals surface area contributed by atoms with Crippen LogP contribution < -0.4 is 0 Å². The Labute approximate surface area is 66.5 Å². The number of halogens is 1. The van der Waals surface area contributed by atoms with Gasteiger partial charge in [0.25, 0.3) is 0 Å². The topological polar surface area (TPSA) is 26.3 Å². The maximum Gasteiger partial charge on any atom is 0.305 e. The van der Waals surface area contributed by atoms with Crippen LogP contribution in [-0.4, -0.2) is 18.0 Å². The molecular formula is C7H13ClO2. The average Bonchev–Trinajstić information content (AvgIpc) is 1.85. The number of rotatable bonds is 4. The van der Waals surface area contributed by atoms with E-state index in [0.29, 0.717) is 19.4 Å². The lowest BCUT2D eigenvalue weighted by molar-refractivity contribution is -0.143. The van der Waals surface area contributed by atoms with E-state index in [-0.39, 0.29) is 11.3 Å². The van der Waals surface area contributed by atoms with Crippen molar-refractivity contribution in [1.82, 2.24) is 0 Å². The van der Waals surface area contributed by atoms with Gasteiger partial charge >= 0.3 is 5.97 Å². The second-order valence-electron chi connectivity index (χ2n) is 2.12. The summed E-state index contributed by atoms with van der Waals surface area (Å²) in [7, 11) is 0. The molecule has 0 aliphatic carbocycles. The van der Waals surface area contributed by atoms with Gasteiger partial charge in [-0.05, 0) is 20.3 Å². The van der Waals surface area contributed by atoms with Crippen LogP contribution in [-0.2, 0) is 9.53 Å². The highest BCUT2D eigenvalue weighted by Crippen LogP contribution is 2.04. The molecule has 10 heavy (non-hydrogen) atoms. The van der Waals surface area contributed by atoms with E-state index in [4.69, 9.17) is 16.3 Å². The highest BCUT2D eigenvalue weighted by Gasteiger charge is 2.03. The van der Waals surface area contributed by atoms with Crippen LogP contribution in [0.5, 0.6) is 0 Å². The first-order valence-electron chi connectivity index (χ1n) is 3.46. The monoisotopic (exact) mass is 164 g/mol. The highest BCUT2D eigenvalue weighted by molar-refractivity contribution is 6.20. The summed E-state index contributed by atoms with van der Waals surface area (Å²) in [5.41, 5.74) is 0. The van der Waals surface area contributed by atoms with Gasteiger partial charge in [-0.3, -0.25) is 4.79 Å². The molecule has 1 atom stereocenters. The van der Waals surface area contributed by atoms with Crippen LogP contribution in [0.1, 0.15) is 26.7 Å². The van der Waals surface area contributed by atoms with Gasteiger partial charge in [0.05, 0.1) is 6.61 Å². The van der Waals surface area contributed by atoms with Crippen LogP contribution >= 0.6 is 11.6 Å². The fraction of sp³-hybridized carbons (Fsp3) is 0.857. The summed E-state index contributed by atoms with van der Waals surface area (Å²) >= 11 is 5.61. The number of hydrogen-bond acceptors (Lipinski definition) is 2. The molecule has 60 valence electrons. The average molecular weight is 165 g/mol. The van der Waals surface area contributed by atoms with E-state index in [1.165, 1.54) is 0 Å². The molecule has 0 aromatic heterocycles. The van der Waals surface area contributed by atoms with Gasteiger partial charge in [0.1, 0.15) is 0 Å². The first-order valence-corrected chi connectivity index (χ1v) is 3.90. The molecule has 0 saturated carbocycles. The smallest absolute Gasteiger partial charge is 0.305 e. The fourth-order valence-electron chi connectivity index (χ4n) is 0.550. The molecule has 0 bridgehead atoms. The van der Waals surface area contributed by atoms with Gasteiger partial charge in [-0.2, -0.15) is 0 Å². The summed E-state index contributed by atoms with van der Waals surface area (Å²) in [6.45, 7) is 4.11. The third-order valence-corrected chi connectivity index (χ3v) is 1.27. The molecule has 0 spiro atoms. The predicted octanol–water partition coefficient (Wildman–Crippen LogP) is 1.96. The first-order chi connectivity index (χ1) is 4.66. The lowest BCUT2D eigenvalue weighted by Gasteiger charge is -2.01. The maximum atomic E-state index is 10.7. The number of carbonyl (C=O) groups is 1. The third kappa shape index (κ3) is 5.89. The minimum absolute atomic E-state index is 0.0596. The van der Waals surface area contributed by atoms with Crippen molar-refractivity contribution in [2.24, 2.45) is 0 Å². The zero-order valence-electron chi connectivity index (χ0n) is 6.39. The Hall–Kier alpha value is -0.240. The molecule has 0 amide bonds. The van der Waals surface area contributed by atoms with Crippen molar-refractivity contribution in [2.45, 2.75) is 32.1 Å². The second kappa shape index (κ2) is 5.54. The fourth-order valence-corrected chi connectivity index (χ4v) is 0.659. The summed E-state index contributed by atoms with van der Waals surface area (Å²) in [4.78, 5) is 10.7. The van der Waals surface area contributed by atoms with E-state index >= 15 is 0 Å². The van der Waals surface area contributed by atoms with Crippen molar-refractivity contribution >= 4 is 17.6 Å². The van der Waals surface area contributed by atoms with Crippen molar-refractivity contribution in [3.8, 4) is 0 Å².